The van der Waals surface area contributed by atoms with Crippen molar-refractivity contribution in [3.63, 3.8) is 0 Å². The minimum atomic E-state index is 0.350. The molecular formula is C25H24ClN7. The van der Waals surface area contributed by atoms with E-state index >= 15 is 0 Å². The molecule has 1 aliphatic rings. The van der Waals surface area contributed by atoms with Gasteiger partial charge in [-0.1, -0.05) is 54.6 Å². The summed E-state index contributed by atoms with van der Waals surface area (Å²) in [5.74, 6) is 0.834. The lowest BCUT2D eigenvalue weighted by Gasteiger charge is -2.15. The number of hydrogen-bond donors (Lipinski definition) is 1. The van der Waals surface area contributed by atoms with E-state index in [0.29, 0.717) is 27.9 Å². The molecule has 2 aromatic carbocycles. The standard InChI is InChI=1S/C25H24ClN7/c1-2-20-22(26)6-5-7-23(20)33-25(29-30-31-33)21-14-19(15-28-24(21)27)18-10-8-17(9-11-18)16-32-12-3-4-13-32/h2,5-11,14-15H,1,3-4,12-13,16H2,(H2,27,28). The van der Waals surface area contributed by atoms with Crippen molar-refractivity contribution < 1.29 is 0 Å². The molecule has 0 radical (unpaired) electrons. The van der Waals surface area contributed by atoms with Crippen LogP contribution in [0.1, 0.15) is 24.0 Å². The summed E-state index contributed by atoms with van der Waals surface area (Å²) in [6.45, 7) is 7.23. The number of benzene rings is 2. The molecule has 0 bridgehead atoms. The van der Waals surface area contributed by atoms with Gasteiger partial charge in [0.2, 0.25) is 0 Å². The van der Waals surface area contributed by atoms with E-state index in [0.717, 1.165) is 23.2 Å². The van der Waals surface area contributed by atoms with Crippen LogP contribution in [0.2, 0.25) is 5.02 Å². The van der Waals surface area contributed by atoms with Gasteiger partial charge in [-0.05, 0) is 65.7 Å². The summed E-state index contributed by atoms with van der Waals surface area (Å²) in [7, 11) is 0. The van der Waals surface area contributed by atoms with E-state index < -0.39 is 0 Å². The maximum absolute atomic E-state index is 6.35. The van der Waals surface area contributed by atoms with Crippen LogP contribution in [0, 0.1) is 0 Å². The van der Waals surface area contributed by atoms with E-state index in [9.17, 15) is 0 Å². The Morgan fingerprint density at radius 3 is 2.61 bits per heavy atom. The van der Waals surface area contributed by atoms with Crippen molar-refractivity contribution in [2.45, 2.75) is 19.4 Å². The SMILES string of the molecule is C=Cc1c(Cl)cccc1-n1nnnc1-c1cc(-c2ccc(CN3CCCC3)cc2)cnc1N. The van der Waals surface area contributed by atoms with Crippen LogP contribution in [0.3, 0.4) is 0 Å². The Hall–Kier alpha value is -3.55. The topological polar surface area (TPSA) is 85.8 Å². The number of nitrogen functional groups attached to an aromatic ring is 1. The predicted molar refractivity (Wildman–Crippen MR) is 132 cm³/mol. The average molecular weight is 458 g/mol. The summed E-state index contributed by atoms with van der Waals surface area (Å²) in [5, 5.41) is 12.9. The maximum Gasteiger partial charge on any atom is 0.190 e. The lowest BCUT2D eigenvalue weighted by molar-refractivity contribution is 0.331. The molecule has 33 heavy (non-hydrogen) atoms. The van der Waals surface area contributed by atoms with E-state index in [-0.39, 0.29) is 0 Å². The number of pyridine rings is 1. The molecule has 0 unspecified atom stereocenters. The zero-order valence-electron chi connectivity index (χ0n) is 18.2. The van der Waals surface area contributed by atoms with E-state index in [2.05, 4.69) is 56.3 Å². The van der Waals surface area contributed by atoms with Gasteiger partial charge in [-0.2, -0.15) is 4.68 Å². The molecule has 1 fully saturated rings. The first-order valence-corrected chi connectivity index (χ1v) is 11.3. The molecule has 0 spiro atoms. The molecule has 8 heteroatoms. The van der Waals surface area contributed by atoms with Gasteiger partial charge < -0.3 is 5.73 Å². The molecule has 2 aromatic heterocycles. The molecule has 0 aliphatic carbocycles. The van der Waals surface area contributed by atoms with Gasteiger partial charge in [0.25, 0.3) is 0 Å². The van der Waals surface area contributed by atoms with E-state index in [1.54, 1.807) is 23.0 Å². The fourth-order valence-corrected chi connectivity index (χ4v) is 4.49. The summed E-state index contributed by atoms with van der Waals surface area (Å²) >= 11 is 6.35. The van der Waals surface area contributed by atoms with Gasteiger partial charge in [-0.25, -0.2) is 4.98 Å². The molecule has 1 saturated heterocycles. The number of halogens is 1. The predicted octanol–water partition coefficient (Wildman–Crippen LogP) is 4.87. The van der Waals surface area contributed by atoms with Crippen molar-refractivity contribution in [1.29, 1.82) is 0 Å². The van der Waals surface area contributed by atoms with E-state index in [1.807, 2.05) is 18.2 Å². The molecule has 166 valence electrons. The van der Waals surface area contributed by atoms with E-state index in [1.165, 1.54) is 31.5 Å². The van der Waals surface area contributed by atoms with Crippen molar-refractivity contribution in [2.75, 3.05) is 18.8 Å². The highest BCUT2D eigenvalue weighted by Crippen LogP contribution is 2.31. The molecule has 1 aliphatic heterocycles. The van der Waals surface area contributed by atoms with Crippen molar-refractivity contribution in [1.82, 2.24) is 30.1 Å². The minimum absolute atomic E-state index is 0.350. The maximum atomic E-state index is 6.35. The van der Waals surface area contributed by atoms with E-state index in [4.69, 9.17) is 17.3 Å². The number of anilines is 1. The second-order valence-corrected chi connectivity index (χ2v) is 8.54. The quantitative estimate of drug-likeness (QED) is 0.444. The fraction of sp³-hybridized carbons (Fsp3) is 0.200. The fourth-order valence-electron chi connectivity index (χ4n) is 4.24. The second-order valence-electron chi connectivity index (χ2n) is 8.13. The molecule has 3 heterocycles. The molecule has 4 aromatic rings. The number of hydrogen-bond acceptors (Lipinski definition) is 6. The molecule has 2 N–H and O–H groups in total. The summed E-state index contributed by atoms with van der Waals surface area (Å²) < 4.78 is 1.61. The monoisotopic (exact) mass is 457 g/mol. The van der Waals surface area contributed by atoms with Crippen LogP contribution in [-0.2, 0) is 6.54 Å². The number of tetrazole rings is 1. The third kappa shape index (κ3) is 4.25. The number of nitrogens with two attached hydrogens (primary N) is 1. The normalized spacial score (nSPS) is 14.0. The van der Waals surface area contributed by atoms with Gasteiger partial charge in [-0.3, -0.25) is 4.90 Å². The summed E-state index contributed by atoms with van der Waals surface area (Å²) in [5.41, 5.74) is 11.7. The molecule has 0 amide bonds. The Bertz CT molecular complexity index is 1290. The minimum Gasteiger partial charge on any atom is -0.383 e. The van der Waals surface area contributed by atoms with Crippen molar-refractivity contribution in [3.05, 3.63) is 77.5 Å². The first-order chi connectivity index (χ1) is 16.1. The highest BCUT2D eigenvalue weighted by atomic mass is 35.5. The Morgan fingerprint density at radius 2 is 1.85 bits per heavy atom. The van der Waals surface area contributed by atoms with Crippen LogP contribution in [-0.4, -0.2) is 43.2 Å². The molecule has 0 saturated carbocycles. The molecule has 5 rings (SSSR count). The Morgan fingerprint density at radius 1 is 1.06 bits per heavy atom. The van der Waals surface area contributed by atoms with Crippen LogP contribution in [0.4, 0.5) is 5.82 Å². The van der Waals surface area contributed by atoms with Gasteiger partial charge in [0, 0.05) is 28.9 Å². The number of nitrogens with zero attached hydrogens (tertiary/aromatic N) is 6. The number of aromatic nitrogens is 5. The smallest absolute Gasteiger partial charge is 0.190 e. The number of rotatable bonds is 6. The van der Waals surface area contributed by atoms with Crippen LogP contribution >= 0.6 is 11.6 Å². The summed E-state index contributed by atoms with van der Waals surface area (Å²) in [4.78, 5) is 6.92. The van der Waals surface area contributed by atoms with Crippen LogP contribution < -0.4 is 5.73 Å². The summed E-state index contributed by atoms with van der Waals surface area (Å²) in [6, 6.07) is 16.1. The van der Waals surface area contributed by atoms with Crippen LogP contribution in [0.25, 0.3) is 34.3 Å². The van der Waals surface area contributed by atoms with Gasteiger partial charge in [-0.15, -0.1) is 5.10 Å². The molecule has 0 atom stereocenters. The third-order valence-electron chi connectivity index (χ3n) is 5.98. The lowest BCUT2D eigenvalue weighted by Crippen LogP contribution is -2.18. The van der Waals surface area contributed by atoms with Gasteiger partial charge in [0.1, 0.15) is 5.82 Å². The Labute approximate surface area is 197 Å². The van der Waals surface area contributed by atoms with Crippen molar-refractivity contribution in [2.24, 2.45) is 0 Å². The summed E-state index contributed by atoms with van der Waals surface area (Å²) in [6.07, 6.45) is 6.05. The Balaban J connectivity index is 1.49. The van der Waals surface area contributed by atoms with Crippen molar-refractivity contribution >= 4 is 23.5 Å². The van der Waals surface area contributed by atoms with Crippen LogP contribution in [0.15, 0.2) is 61.3 Å². The van der Waals surface area contributed by atoms with Gasteiger partial charge in [0.05, 0.1) is 11.3 Å². The molecule has 7 nitrogen and oxygen atoms in total. The van der Waals surface area contributed by atoms with Gasteiger partial charge >= 0.3 is 0 Å². The average Bonchev–Trinajstić information content (AvgIpc) is 3.52. The van der Waals surface area contributed by atoms with Crippen LogP contribution in [0.5, 0.6) is 0 Å². The van der Waals surface area contributed by atoms with Gasteiger partial charge in [0.15, 0.2) is 5.82 Å². The zero-order valence-corrected chi connectivity index (χ0v) is 18.9. The Kier molecular flexibility index (Phi) is 5.90. The van der Waals surface area contributed by atoms with Crippen molar-refractivity contribution in [3.8, 4) is 28.2 Å². The first kappa shape index (κ1) is 21.3. The molecular weight excluding hydrogens is 434 g/mol. The second kappa shape index (κ2) is 9.13. The highest BCUT2D eigenvalue weighted by molar-refractivity contribution is 6.32. The third-order valence-corrected chi connectivity index (χ3v) is 6.31. The number of likely N-dealkylation sites (tertiary alicyclic amines) is 1. The largest absolute Gasteiger partial charge is 0.383 e. The highest BCUT2D eigenvalue weighted by Gasteiger charge is 2.18. The zero-order chi connectivity index (χ0) is 22.8. The lowest BCUT2D eigenvalue weighted by atomic mass is 10.0. The first-order valence-electron chi connectivity index (χ1n) is 10.9.